The summed E-state index contributed by atoms with van der Waals surface area (Å²) in [4.78, 5) is 72.2. The number of aromatic carboxylic acids is 4. The highest BCUT2D eigenvalue weighted by Gasteiger charge is 2.72. The molecule has 4 rings (SSSR count). The number of hydrogen-bond donors (Lipinski definition) is 4. The van der Waals surface area contributed by atoms with Crippen LogP contribution in [0.25, 0.3) is 0 Å². The van der Waals surface area contributed by atoms with E-state index in [2.05, 4.69) is 0 Å². The van der Waals surface area contributed by atoms with Crippen molar-refractivity contribution in [3.8, 4) is 11.5 Å². The van der Waals surface area contributed by atoms with Gasteiger partial charge in [-0.3, -0.25) is 0 Å². The van der Waals surface area contributed by atoms with E-state index in [4.69, 9.17) is 9.47 Å². The number of carboxylic acids is 4. The predicted molar refractivity (Wildman–Crippen MR) is 166 cm³/mol. The van der Waals surface area contributed by atoms with Gasteiger partial charge < -0.3 is 29.9 Å². The maximum absolute atomic E-state index is 14.9. The molecular weight excluding hydrogens is 726 g/mol. The summed E-state index contributed by atoms with van der Waals surface area (Å²) in [5.74, 6) is -11.3. The summed E-state index contributed by atoms with van der Waals surface area (Å²) in [5.41, 5.74) is -13.6. The summed E-state index contributed by atoms with van der Waals surface area (Å²) < 4.78 is 99.7. The topological polar surface area (TPSA) is 202 Å². The van der Waals surface area contributed by atoms with E-state index in [-0.39, 0.29) is 0 Å². The average Bonchev–Trinajstić information content (AvgIpc) is 3.05. The van der Waals surface area contributed by atoms with Gasteiger partial charge in [0.25, 0.3) is 0 Å². The fraction of sp³-hybridized carbons (Fsp3) is 0.143. The Bertz CT molecular complexity index is 2050. The Labute approximate surface area is 292 Å². The Hall–Kier alpha value is -6.72. The lowest BCUT2D eigenvalue weighted by atomic mass is 9.72. The van der Waals surface area contributed by atoms with Gasteiger partial charge in [0, 0.05) is 0 Å². The molecule has 276 valence electrons. The molecule has 0 aliphatic heterocycles. The number of alkyl halides is 6. The van der Waals surface area contributed by atoms with Gasteiger partial charge in [-0.1, -0.05) is 36.4 Å². The number of carbonyl (C=O) groups excluding carboxylic acids is 2. The largest absolute Gasteiger partial charge is 0.478 e. The minimum absolute atomic E-state index is 0.370. The van der Waals surface area contributed by atoms with Crippen molar-refractivity contribution in [3.63, 3.8) is 0 Å². The first kappa shape index (κ1) is 39.1. The molecule has 12 nitrogen and oxygen atoms in total. The average molecular weight is 749 g/mol. The first-order valence-corrected chi connectivity index (χ1v) is 14.5. The number of carboxylic acid groups (broad SMARTS) is 4. The fourth-order valence-electron chi connectivity index (χ4n) is 5.55. The number of aryl methyl sites for hydroxylation is 2. The summed E-state index contributed by atoms with van der Waals surface area (Å²) >= 11 is 0. The van der Waals surface area contributed by atoms with Crippen molar-refractivity contribution in [2.24, 2.45) is 0 Å². The van der Waals surface area contributed by atoms with Gasteiger partial charge in [0.2, 0.25) is 5.41 Å². The SMILES string of the molecule is Cc1cc(C(c2ccc(OC(=O)c3cccc(C(=O)O)c3C(=O)O)c(C)c2)(C(F)(F)F)C(F)(F)F)ccc1OC(=O)c1cccc(C(=O)O)c1C(=O)O. The molecule has 0 atom stereocenters. The van der Waals surface area contributed by atoms with Crippen LogP contribution in [0.2, 0.25) is 0 Å². The molecule has 18 heteroatoms. The van der Waals surface area contributed by atoms with Gasteiger partial charge in [0.05, 0.1) is 33.4 Å². The van der Waals surface area contributed by atoms with Crippen LogP contribution in [-0.4, -0.2) is 68.6 Å². The van der Waals surface area contributed by atoms with Crippen LogP contribution in [0.5, 0.6) is 11.5 Å². The fourth-order valence-corrected chi connectivity index (χ4v) is 5.55. The van der Waals surface area contributed by atoms with Crippen molar-refractivity contribution >= 4 is 35.8 Å². The molecule has 0 heterocycles. The maximum Gasteiger partial charge on any atom is 0.411 e. The van der Waals surface area contributed by atoms with Crippen molar-refractivity contribution in [3.05, 3.63) is 128 Å². The van der Waals surface area contributed by atoms with Crippen molar-refractivity contribution in [2.45, 2.75) is 31.6 Å². The van der Waals surface area contributed by atoms with E-state index >= 15 is 0 Å². The molecule has 0 aliphatic rings. The summed E-state index contributed by atoms with van der Waals surface area (Å²) in [6.07, 6.45) is -12.2. The lowest BCUT2D eigenvalue weighted by Crippen LogP contribution is -2.54. The number of esters is 2. The standard InChI is InChI=1S/C35H22F6O12/c1-15-13-17(9-11-23(15)52-31(50)21-7-3-5-19(27(42)43)25(21)29(46)47)33(34(36,37)38,35(39,40)41)18-10-12-24(16(2)14-18)53-32(51)22-8-4-6-20(28(44)45)26(22)30(48)49/h3-14H,1-2H3,(H,42,43)(H,44,45)(H,46,47)(H,48,49). The highest BCUT2D eigenvalue weighted by Crippen LogP contribution is 2.57. The third-order valence-electron chi connectivity index (χ3n) is 7.93. The second-order valence-electron chi connectivity index (χ2n) is 11.2. The number of benzene rings is 4. The van der Waals surface area contributed by atoms with Gasteiger partial charge in [-0.25, -0.2) is 28.8 Å². The molecule has 0 fully saturated rings. The molecule has 0 bridgehead atoms. The van der Waals surface area contributed by atoms with Crippen molar-refractivity contribution in [1.82, 2.24) is 0 Å². The van der Waals surface area contributed by atoms with Crippen LogP contribution in [0.1, 0.15) is 84.4 Å². The molecule has 0 aromatic heterocycles. The highest BCUT2D eigenvalue weighted by molar-refractivity contribution is 6.10. The van der Waals surface area contributed by atoms with E-state index in [1.54, 1.807) is 0 Å². The second kappa shape index (κ2) is 14.1. The first-order valence-electron chi connectivity index (χ1n) is 14.5. The second-order valence-corrected chi connectivity index (χ2v) is 11.2. The molecule has 0 amide bonds. The molecule has 0 unspecified atom stereocenters. The number of rotatable bonds is 10. The van der Waals surface area contributed by atoms with E-state index in [9.17, 15) is 75.5 Å². The zero-order valence-electron chi connectivity index (χ0n) is 26.8. The zero-order chi connectivity index (χ0) is 39.8. The van der Waals surface area contributed by atoms with Crippen LogP contribution < -0.4 is 9.47 Å². The predicted octanol–water partition coefficient (Wildman–Crippen LogP) is 6.95. The van der Waals surface area contributed by atoms with Crippen LogP contribution in [0.3, 0.4) is 0 Å². The zero-order valence-corrected chi connectivity index (χ0v) is 26.8. The molecule has 0 aliphatic carbocycles. The van der Waals surface area contributed by atoms with Gasteiger partial charge in [0.15, 0.2) is 0 Å². The van der Waals surface area contributed by atoms with Crippen LogP contribution in [0.4, 0.5) is 26.3 Å². The molecular formula is C35H22F6O12. The highest BCUT2D eigenvalue weighted by atomic mass is 19.4. The summed E-state index contributed by atoms with van der Waals surface area (Å²) in [7, 11) is 0. The molecule has 4 N–H and O–H groups in total. The summed E-state index contributed by atoms with van der Waals surface area (Å²) in [5, 5.41) is 37.6. The van der Waals surface area contributed by atoms with Gasteiger partial charge in [-0.2, -0.15) is 26.3 Å². The number of halogens is 6. The van der Waals surface area contributed by atoms with Crippen molar-refractivity contribution < 1.29 is 85.0 Å². The van der Waals surface area contributed by atoms with Crippen LogP contribution in [-0.2, 0) is 5.41 Å². The number of hydrogen-bond acceptors (Lipinski definition) is 8. The third-order valence-corrected chi connectivity index (χ3v) is 7.93. The summed E-state index contributed by atoms with van der Waals surface area (Å²) in [6, 6.07) is 8.38. The van der Waals surface area contributed by atoms with E-state index in [1.165, 1.54) is 0 Å². The Morgan fingerprint density at radius 3 is 1.08 bits per heavy atom. The number of carbonyl (C=O) groups is 6. The third kappa shape index (κ3) is 7.10. The normalized spacial score (nSPS) is 11.8. The first-order chi connectivity index (χ1) is 24.5. The minimum atomic E-state index is -6.11. The Morgan fingerprint density at radius 2 is 0.811 bits per heavy atom. The Morgan fingerprint density at radius 1 is 0.491 bits per heavy atom. The van der Waals surface area contributed by atoms with Gasteiger partial charge >= 0.3 is 48.2 Å². The van der Waals surface area contributed by atoms with Crippen molar-refractivity contribution in [1.29, 1.82) is 0 Å². The molecule has 0 saturated carbocycles. The van der Waals surface area contributed by atoms with Gasteiger partial charge in [-0.05, 0) is 72.5 Å². The van der Waals surface area contributed by atoms with E-state index in [0.717, 1.165) is 50.2 Å². The molecule has 0 spiro atoms. The van der Waals surface area contributed by atoms with Crippen LogP contribution in [0, 0.1) is 13.8 Å². The quantitative estimate of drug-likeness (QED) is 0.0740. The molecule has 53 heavy (non-hydrogen) atoms. The van der Waals surface area contributed by atoms with Gasteiger partial charge in [-0.15, -0.1) is 0 Å². The van der Waals surface area contributed by atoms with Crippen LogP contribution >= 0.6 is 0 Å². The monoisotopic (exact) mass is 748 g/mol. The number of ether oxygens (including phenoxy) is 2. The lowest BCUT2D eigenvalue weighted by molar-refractivity contribution is -0.288. The van der Waals surface area contributed by atoms with E-state index in [1.807, 2.05) is 0 Å². The molecule has 4 aromatic rings. The Balaban J connectivity index is 1.79. The van der Waals surface area contributed by atoms with E-state index in [0.29, 0.717) is 36.4 Å². The minimum Gasteiger partial charge on any atom is -0.478 e. The molecule has 0 saturated heterocycles. The maximum atomic E-state index is 14.9. The van der Waals surface area contributed by atoms with E-state index < -0.39 is 121 Å². The molecule has 0 radical (unpaired) electrons. The lowest BCUT2D eigenvalue weighted by Gasteiger charge is -2.38. The summed E-state index contributed by atoms with van der Waals surface area (Å²) in [6.45, 7) is 1.99. The van der Waals surface area contributed by atoms with Crippen molar-refractivity contribution in [2.75, 3.05) is 0 Å². The van der Waals surface area contributed by atoms with Crippen LogP contribution in [0.15, 0.2) is 72.8 Å². The Kier molecular flexibility index (Phi) is 10.4. The smallest absolute Gasteiger partial charge is 0.411 e. The van der Waals surface area contributed by atoms with Gasteiger partial charge in [0.1, 0.15) is 11.5 Å². The molecule has 4 aromatic carbocycles.